The second-order valence-corrected chi connectivity index (χ2v) is 2.58. The molecule has 0 N–H and O–H groups in total. The van der Waals surface area contributed by atoms with E-state index in [1.807, 2.05) is 0 Å². The first-order valence-electron chi connectivity index (χ1n) is 3.73. The molecule has 0 unspecified atom stereocenters. The van der Waals surface area contributed by atoms with Gasteiger partial charge >= 0.3 is 0 Å². The third-order valence-corrected chi connectivity index (χ3v) is 1.48. The third kappa shape index (κ3) is 2.66. The molecule has 0 spiro atoms. The van der Waals surface area contributed by atoms with Crippen molar-refractivity contribution in [2.24, 2.45) is 15.9 Å². The molecule has 0 saturated carbocycles. The van der Waals surface area contributed by atoms with Crippen molar-refractivity contribution in [1.29, 1.82) is 0 Å². The van der Waals surface area contributed by atoms with Crippen molar-refractivity contribution in [2.45, 2.75) is 13.8 Å². The molecule has 0 aromatic carbocycles. The van der Waals surface area contributed by atoms with Gasteiger partial charge in [0.25, 0.3) is 0 Å². The van der Waals surface area contributed by atoms with E-state index in [-0.39, 0.29) is 0 Å². The SMILES string of the molecule is C=CC(=N\C)/C(=N/C)C(C)C. The van der Waals surface area contributed by atoms with Gasteiger partial charge in [0.2, 0.25) is 0 Å². The Hall–Kier alpha value is -0.920. The normalized spacial score (nSPS) is 13.9. The molecule has 0 aliphatic rings. The average Bonchev–Trinajstić information content (AvgIpc) is 1.99. The van der Waals surface area contributed by atoms with Crippen LogP contribution in [0.2, 0.25) is 0 Å². The molecule has 0 amide bonds. The summed E-state index contributed by atoms with van der Waals surface area (Å²) >= 11 is 0. The van der Waals surface area contributed by atoms with Crippen molar-refractivity contribution in [3.05, 3.63) is 12.7 Å². The minimum Gasteiger partial charge on any atom is -0.291 e. The van der Waals surface area contributed by atoms with E-state index in [4.69, 9.17) is 0 Å². The predicted octanol–water partition coefficient (Wildman–Crippen LogP) is 1.97. The fourth-order valence-electron chi connectivity index (χ4n) is 0.979. The number of hydrogen-bond donors (Lipinski definition) is 0. The van der Waals surface area contributed by atoms with Crippen molar-refractivity contribution in [3.63, 3.8) is 0 Å². The van der Waals surface area contributed by atoms with E-state index in [0.29, 0.717) is 5.92 Å². The van der Waals surface area contributed by atoms with Crippen LogP contribution in [-0.2, 0) is 0 Å². The molecule has 2 heteroatoms. The quantitative estimate of drug-likeness (QED) is 0.552. The average molecular weight is 152 g/mol. The molecule has 0 atom stereocenters. The van der Waals surface area contributed by atoms with Crippen LogP contribution >= 0.6 is 0 Å². The van der Waals surface area contributed by atoms with Crippen LogP contribution in [0, 0.1) is 5.92 Å². The Morgan fingerprint density at radius 3 is 1.91 bits per heavy atom. The van der Waals surface area contributed by atoms with E-state index in [1.165, 1.54) is 0 Å². The molecule has 0 aliphatic carbocycles. The number of hydrogen-bond acceptors (Lipinski definition) is 2. The van der Waals surface area contributed by atoms with Gasteiger partial charge in [-0.2, -0.15) is 0 Å². The van der Waals surface area contributed by atoms with E-state index in [0.717, 1.165) is 11.4 Å². The Balaban J connectivity index is 4.64. The molecule has 0 saturated heterocycles. The lowest BCUT2D eigenvalue weighted by molar-refractivity contribution is 0.891. The van der Waals surface area contributed by atoms with E-state index in [1.54, 1.807) is 20.2 Å². The Kier molecular flexibility index (Phi) is 4.42. The van der Waals surface area contributed by atoms with Gasteiger partial charge in [0.1, 0.15) is 0 Å². The van der Waals surface area contributed by atoms with Gasteiger partial charge in [-0.25, -0.2) is 0 Å². The zero-order valence-electron chi connectivity index (χ0n) is 7.76. The van der Waals surface area contributed by atoms with Gasteiger partial charge in [0.05, 0.1) is 11.4 Å². The van der Waals surface area contributed by atoms with E-state index in [2.05, 4.69) is 30.4 Å². The van der Waals surface area contributed by atoms with Crippen LogP contribution in [0.4, 0.5) is 0 Å². The van der Waals surface area contributed by atoms with Gasteiger partial charge in [-0.1, -0.05) is 20.4 Å². The summed E-state index contributed by atoms with van der Waals surface area (Å²) in [5.41, 5.74) is 1.91. The molecule has 2 nitrogen and oxygen atoms in total. The van der Waals surface area contributed by atoms with Gasteiger partial charge in [-0.3, -0.25) is 9.98 Å². The predicted molar refractivity (Wildman–Crippen MR) is 51.8 cm³/mol. The van der Waals surface area contributed by atoms with Gasteiger partial charge < -0.3 is 0 Å². The minimum absolute atomic E-state index is 0.414. The van der Waals surface area contributed by atoms with Crippen LogP contribution in [0.1, 0.15) is 13.8 Å². The van der Waals surface area contributed by atoms with E-state index in [9.17, 15) is 0 Å². The van der Waals surface area contributed by atoms with Gasteiger partial charge in [0, 0.05) is 14.1 Å². The number of nitrogens with zero attached hydrogens (tertiary/aromatic N) is 2. The molecular weight excluding hydrogens is 136 g/mol. The maximum absolute atomic E-state index is 4.14. The first-order valence-corrected chi connectivity index (χ1v) is 3.73. The fourth-order valence-corrected chi connectivity index (χ4v) is 0.979. The summed E-state index contributed by atoms with van der Waals surface area (Å²) < 4.78 is 0. The first kappa shape index (κ1) is 10.1. The highest BCUT2D eigenvalue weighted by atomic mass is 14.8. The Morgan fingerprint density at radius 1 is 1.27 bits per heavy atom. The summed E-state index contributed by atoms with van der Waals surface area (Å²) in [4.78, 5) is 8.21. The molecule has 0 aliphatic heterocycles. The maximum atomic E-state index is 4.14. The van der Waals surface area contributed by atoms with Crippen molar-refractivity contribution in [2.75, 3.05) is 14.1 Å². The smallest absolute Gasteiger partial charge is 0.0777 e. The Labute approximate surface area is 68.8 Å². The van der Waals surface area contributed by atoms with Crippen molar-refractivity contribution < 1.29 is 0 Å². The summed E-state index contributed by atoms with van der Waals surface area (Å²) in [6.45, 7) is 7.86. The van der Waals surface area contributed by atoms with Crippen molar-refractivity contribution in [1.82, 2.24) is 0 Å². The first-order chi connectivity index (χ1) is 5.17. The molecule has 0 fully saturated rings. The van der Waals surface area contributed by atoms with Crippen LogP contribution in [0.25, 0.3) is 0 Å². The molecule has 0 radical (unpaired) electrons. The highest BCUT2D eigenvalue weighted by Gasteiger charge is 2.07. The summed E-state index contributed by atoms with van der Waals surface area (Å²) in [7, 11) is 3.54. The zero-order valence-corrected chi connectivity index (χ0v) is 7.76. The Bertz CT molecular complexity index is 188. The summed E-state index contributed by atoms with van der Waals surface area (Å²) in [5.74, 6) is 0.414. The second-order valence-electron chi connectivity index (χ2n) is 2.58. The van der Waals surface area contributed by atoms with Crippen molar-refractivity contribution in [3.8, 4) is 0 Å². The molecule has 0 bridgehead atoms. The highest BCUT2D eigenvalue weighted by molar-refractivity contribution is 6.46. The van der Waals surface area contributed by atoms with Gasteiger partial charge in [-0.05, 0) is 12.0 Å². The largest absolute Gasteiger partial charge is 0.291 e. The third-order valence-electron chi connectivity index (χ3n) is 1.48. The molecule has 62 valence electrons. The van der Waals surface area contributed by atoms with Crippen LogP contribution in [0.15, 0.2) is 22.6 Å². The standard InChI is InChI=1S/C9H16N2/c1-6-8(10-4)9(11-5)7(2)3/h6-7H,1H2,2-5H3/b10-8+,11-9+. The lowest BCUT2D eigenvalue weighted by Crippen LogP contribution is -2.17. The second kappa shape index (κ2) is 4.83. The minimum atomic E-state index is 0.414. The fraction of sp³-hybridized carbons (Fsp3) is 0.556. The van der Waals surface area contributed by atoms with Crippen LogP contribution in [-0.4, -0.2) is 25.5 Å². The van der Waals surface area contributed by atoms with Crippen LogP contribution < -0.4 is 0 Å². The molecular formula is C9H16N2. The monoisotopic (exact) mass is 152 g/mol. The zero-order chi connectivity index (χ0) is 8.85. The van der Waals surface area contributed by atoms with Gasteiger partial charge in [-0.15, -0.1) is 0 Å². The lowest BCUT2D eigenvalue weighted by Gasteiger charge is -2.07. The number of allylic oxidation sites excluding steroid dienone is 1. The molecule has 0 aromatic heterocycles. The Morgan fingerprint density at radius 2 is 1.82 bits per heavy atom. The van der Waals surface area contributed by atoms with E-state index >= 15 is 0 Å². The lowest BCUT2D eigenvalue weighted by atomic mass is 10.0. The molecule has 0 heterocycles. The summed E-state index contributed by atoms with van der Waals surface area (Å²) in [5, 5.41) is 0. The molecule has 11 heavy (non-hydrogen) atoms. The number of rotatable bonds is 3. The van der Waals surface area contributed by atoms with Crippen LogP contribution in [0.3, 0.4) is 0 Å². The molecule has 0 rings (SSSR count). The van der Waals surface area contributed by atoms with Gasteiger partial charge in [0.15, 0.2) is 0 Å². The summed E-state index contributed by atoms with van der Waals surface area (Å²) in [6.07, 6.45) is 1.74. The van der Waals surface area contributed by atoms with Crippen LogP contribution in [0.5, 0.6) is 0 Å². The van der Waals surface area contributed by atoms with E-state index < -0.39 is 0 Å². The summed E-state index contributed by atoms with van der Waals surface area (Å²) in [6, 6.07) is 0. The highest BCUT2D eigenvalue weighted by Crippen LogP contribution is 2.00. The number of aliphatic imine (C=N–C) groups is 2. The molecule has 0 aromatic rings. The maximum Gasteiger partial charge on any atom is 0.0777 e. The van der Waals surface area contributed by atoms with Crippen molar-refractivity contribution >= 4 is 11.4 Å². The topological polar surface area (TPSA) is 24.7 Å².